The number of hydrogen-bond donors (Lipinski definition) is 3. The number of rotatable bonds is 6. The first kappa shape index (κ1) is 36.7. The van der Waals surface area contributed by atoms with E-state index < -0.39 is 59.8 Å². The molecule has 0 fully saturated rings. The number of methoxy groups -OCH3 is 2. The van der Waals surface area contributed by atoms with E-state index in [4.69, 9.17) is 19.9 Å². The molecule has 2 bridgehead atoms. The zero-order chi connectivity index (χ0) is 33.1. The normalized spacial score (nSPS) is 30.5. The monoisotopic (exact) mass is 616 g/mol. The fourth-order valence-corrected chi connectivity index (χ4v) is 5.30. The van der Waals surface area contributed by atoms with Crippen molar-refractivity contribution in [3.63, 3.8) is 0 Å². The number of carbonyl (C=O) groups excluding carboxylic acids is 4. The van der Waals surface area contributed by atoms with Crippen LogP contribution >= 0.6 is 0 Å². The highest BCUT2D eigenvalue weighted by Gasteiger charge is 2.38. The molecular formula is C32H48N4O8. The van der Waals surface area contributed by atoms with Crippen LogP contribution in [0.1, 0.15) is 40.5 Å². The van der Waals surface area contributed by atoms with E-state index in [0.29, 0.717) is 25.1 Å². The van der Waals surface area contributed by atoms with Crippen molar-refractivity contribution in [1.82, 2.24) is 10.2 Å². The van der Waals surface area contributed by atoms with Gasteiger partial charge in [-0.1, -0.05) is 38.2 Å². The van der Waals surface area contributed by atoms with E-state index in [1.54, 1.807) is 32.1 Å². The van der Waals surface area contributed by atoms with E-state index in [2.05, 4.69) is 10.3 Å². The average molecular weight is 617 g/mol. The van der Waals surface area contributed by atoms with Crippen LogP contribution in [0.3, 0.4) is 0 Å². The molecule has 2 aliphatic rings. The van der Waals surface area contributed by atoms with Gasteiger partial charge in [0, 0.05) is 38.3 Å². The molecule has 2 amide bonds. The van der Waals surface area contributed by atoms with Crippen LogP contribution in [0.4, 0.5) is 4.79 Å². The number of aliphatic imine (C=N–C) groups is 1. The van der Waals surface area contributed by atoms with Crippen molar-refractivity contribution in [2.75, 3.05) is 41.4 Å². The van der Waals surface area contributed by atoms with Crippen LogP contribution in [0.2, 0.25) is 0 Å². The Morgan fingerprint density at radius 1 is 1.14 bits per heavy atom. The molecule has 0 saturated heterocycles. The van der Waals surface area contributed by atoms with Crippen LogP contribution in [0.5, 0.6) is 0 Å². The number of allylic oxidation sites excluding steroid dienone is 4. The van der Waals surface area contributed by atoms with Crippen molar-refractivity contribution in [2.24, 2.45) is 28.5 Å². The molecule has 1 aliphatic carbocycles. The zero-order valence-electron chi connectivity index (χ0n) is 27.0. The molecule has 0 saturated carbocycles. The van der Waals surface area contributed by atoms with Crippen molar-refractivity contribution in [3.05, 3.63) is 47.2 Å². The highest BCUT2D eigenvalue weighted by atomic mass is 16.6. The number of Topliss-reactive ketones (excluding diaryl/α,β-unsaturated/α-hetero) is 1. The number of amides is 2. The number of aliphatic hydroxyl groups excluding tert-OH is 1. The van der Waals surface area contributed by atoms with Gasteiger partial charge in [0.1, 0.15) is 6.10 Å². The van der Waals surface area contributed by atoms with Gasteiger partial charge < -0.3 is 35.3 Å². The molecule has 2 rings (SSSR count). The maximum Gasteiger partial charge on any atom is 0.405 e. The third kappa shape index (κ3) is 10.3. The van der Waals surface area contributed by atoms with Crippen LogP contribution in [0, 0.1) is 17.8 Å². The summed E-state index contributed by atoms with van der Waals surface area (Å²) < 4.78 is 16.6. The Labute approximate surface area is 260 Å². The summed E-state index contributed by atoms with van der Waals surface area (Å²) in [5.74, 6) is -2.87. The number of primary amides is 1. The van der Waals surface area contributed by atoms with E-state index in [1.807, 2.05) is 32.8 Å². The molecule has 0 spiro atoms. The predicted octanol–water partition coefficient (Wildman–Crippen LogP) is 2.13. The predicted molar refractivity (Wildman–Crippen MR) is 167 cm³/mol. The molecule has 1 heterocycles. The zero-order valence-corrected chi connectivity index (χ0v) is 27.0. The van der Waals surface area contributed by atoms with Crippen LogP contribution in [0.15, 0.2) is 52.2 Å². The number of likely N-dealkylation sites (N-methyl/N-ethyl adjacent to an activating group) is 1. The largest absolute Gasteiger partial charge is 0.439 e. The summed E-state index contributed by atoms with van der Waals surface area (Å²) in [5, 5.41) is 13.9. The summed E-state index contributed by atoms with van der Waals surface area (Å²) in [7, 11) is 6.72. The quantitative estimate of drug-likeness (QED) is 0.378. The van der Waals surface area contributed by atoms with Crippen molar-refractivity contribution in [2.45, 2.75) is 65.0 Å². The van der Waals surface area contributed by atoms with E-state index in [9.17, 15) is 24.3 Å². The van der Waals surface area contributed by atoms with Crippen LogP contribution in [-0.4, -0.2) is 105 Å². The number of nitrogens with two attached hydrogens (primary N) is 1. The molecule has 1 unspecified atom stereocenters. The molecule has 4 N–H and O–H groups in total. The average Bonchev–Trinajstić information content (AvgIpc) is 2.95. The minimum absolute atomic E-state index is 0.0973. The van der Waals surface area contributed by atoms with Gasteiger partial charge in [-0.15, -0.1) is 0 Å². The smallest absolute Gasteiger partial charge is 0.405 e. The van der Waals surface area contributed by atoms with Crippen LogP contribution in [0.25, 0.3) is 0 Å². The molecule has 12 heteroatoms. The second-order valence-corrected chi connectivity index (χ2v) is 11.8. The Morgan fingerprint density at radius 2 is 1.82 bits per heavy atom. The lowest BCUT2D eigenvalue weighted by atomic mass is 9.79. The fourth-order valence-electron chi connectivity index (χ4n) is 5.30. The van der Waals surface area contributed by atoms with Gasteiger partial charge in [0.15, 0.2) is 11.9 Å². The second-order valence-electron chi connectivity index (χ2n) is 11.8. The fraction of sp³-hybridized carbons (Fsp3) is 0.594. The summed E-state index contributed by atoms with van der Waals surface area (Å²) in [5.41, 5.74) is 6.27. The van der Waals surface area contributed by atoms with E-state index in [0.717, 1.165) is 6.08 Å². The number of ketones is 2. The number of fused-ring (bicyclic) bond motifs is 2. The Balaban J connectivity index is 2.61. The summed E-state index contributed by atoms with van der Waals surface area (Å²) >= 11 is 0. The third-order valence-electron chi connectivity index (χ3n) is 7.81. The molecular weight excluding hydrogens is 568 g/mol. The van der Waals surface area contributed by atoms with Crippen molar-refractivity contribution in [1.29, 1.82) is 0 Å². The van der Waals surface area contributed by atoms with Crippen molar-refractivity contribution >= 4 is 29.3 Å². The number of hydrogen-bond acceptors (Lipinski definition) is 10. The van der Waals surface area contributed by atoms with Gasteiger partial charge in [-0.25, -0.2) is 4.79 Å². The van der Waals surface area contributed by atoms with Gasteiger partial charge in [0.25, 0.3) is 5.91 Å². The topological polar surface area (TPSA) is 170 Å². The lowest BCUT2D eigenvalue weighted by Gasteiger charge is -2.31. The van der Waals surface area contributed by atoms with Gasteiger partial charge in [0.2, 0.25) is 5.78 Å². The summed E-state index contributed by atoms with van der Waals surface area (Å²) in [6, 6.07) is 0. The lowest BCUT2D eigenvalue weighted by molar-refractivity contribution is -0.123. The molecule has 44 heavy (non-hydrogen) atoms. The van der Waals surface area contributed by atoms with Gasteiger partial charge in [-0.2, -0.15) is 0 Å². The second kappa shape index (κ2) is 17.1. The maximum atomic E-state index is 13.7. The number of carbonyl (C=O) groups is 4. The first-order valence-corrected chi connectivity index (χ1v) is 14.7. The van der Waals surface area contributed by atoms with Gasteiger partial charge in [0.05, 0.1) is 36.1 Å². The Bertz CT molecular complexity index is 1220. The first-order valence-electron chi connectivity index (χ1n) is 14.7. The molecule has 0 aromatic carbocycles. The molecule has 0 aromatic heterocycles. The molecule has 7 atom stereocenters. The first-order chi connectivity index (χ1) is 20.7. The molecule has 244 valence electrons. The van der Waals surface area contributed by atoms with Gasteiger partial charge >= 0.3 is 6.09 Å². The highest BCUT2D eigenvalue weighted by Crippen LogP contribution is 2.28. The SMILES string of the molecule is CO[C@H]1C=CC=C(C)C(=O)NC2=CC(=O)C(=NCCN(C)C)C(C[C@@H](C)C[C@H](OC)[C@H](O)[C@@H](C)C=C(C)[C@@H]1OC(N)=O)C2=O. The highest BCUT2D eigenvalue weighted by molar-refractivity contribution is 6.51. The summed E-state index contributed by atoms with van der Waals surface area (Å²) in [4.78, 5) is 58.2. The lowest BCUT2D eigenvalue weighted by Crippen LogP contribution is -2.42. The molecule has 0 radical (unpaired) electrons. The minimum atomic E-state index is -0.997. The number of aliphatic hydroxyl groups is 1. The van der Waals surface area contributed by atoms with E-state index in [-0.39, 0.29) is 29.3 Å². The van der Waals surface area contributed by atoms with Crippen molar-refractivity contribution < 1.29 is 38.5 Å². The van der Waals surface area contributed by atoms with Gasteiger partial charge in [-0.05, 0) is 52.3 Å². The van der Waals surface area contributed by atoms with E-state index >= 15 is 0 Å². The Hall–Kier alpha value is -3.45. The summed E-state index contributed by atoms with van der Waals surface area (Å²) in [6.07, 6.45) is 3.93. The molecule has 12 nitrogen and oxygen atoms in total. The number of ether oxygens (including phenoxy) is 3. The Morgan fingerprint density at radius 3 is 2.41 bits per heavy atom. The Kier molecular flexibility index (Phi) is 14.3. The van der Waals surface area contributed by atoms with E-state index in [1.165, 1.54) is 20.3 Å². The van der Waals surface area contributed by atoms with Crippen molar-refractivity contribution in [3.8, 4) is 0 Å². The van der Waals surface area contributed by atoms with Gasteiger partial charge in [-0.3, -0.25) is 19.4 Å². The third-order valence-corrected chi connectivity index (χ3v) is 7.81. The summed E-state index contributed by atoms with van der Waals surface area (Å²) in [6.45, 7) is 7.95. The maximum absolute atomic E-state index is 13.7. The van der Waals surface area contributed by atoms with Crippen LogP contribution in [-0.2, 0) is 28.6 Å². The van der Waals surface area contributed by atoms with Crippen LogP contribution < -0.4 is 11.1 Å². The molecule has 0 aromatic rings. The minimum Gasteiger partial charge on any atom is -0.439 e. The number of nitrogens with one attached hydrogen (secondary N) is 1. The number of nitrogens with zero attached hydrogens (tertiary/aromatic N) is 2. The molecule has 1 aliphatic heterocycles. The standard InChI is InChI=1S/C32H48N4O8/c1-18-14-22-27(34-12-13-36(5)6)24(37)17-23(29(22)39)35-31(40)19(2)10-9-11-25(42-7)30(44-32(33)41)21(4)16-20(3)28(38)26(15-18)43-8/h9-11,16-18,20,22,25-26,28,30,38H,12-15H2,1-8H3,(H2,33,41)(H,35,40)/t18-,20+,22?,25+,26+,28-,30+/m1/s1.